The van der Waals surface area contributed by atoms with Crippen LogP contribution >= 0.6 is 0 Å². The lowest BCUT2D eigenvalue weighted by Crippen LogP contribution is -2.21. The molecule has 5 nitrogen and oxygen atoms in total. The van der Waals surface area contributed by atoms with Gasteiger partial charge in [0.15, 0.2) is 9.84 Å². The molecule has 0 saturated carbocycles. The van der Waals surface area contributed by atoms with Crippen LogP contribution in [0.2, 0.25) is 0 Å². The van der Waals surface area contributed by atoms with Crippen molar-refractivity contribution in [1.29, 1.82) is 0 Å². The zero-order chi connectivity index (χ0) is 10.8. The number of rotatable bonds is 3. The predicted molar refractivity (Wildman–Crippen MR) is 55.0 cm³/mol. The summed E-state index contributed by atoms with van der Waals surface area (Å²) < 4.78 is 22.6. The molecule has 0 aliphatic rings. The van der Waals surface area contributed by atoms with Crippen LogP contribution in [0.4, 0.5) is 5.69 Å². The van der Waals surface area contributed by atoms with Crippen molar-refractivity contribution in [2.24, 2.45) is 5.84 Å². The second-order valence-electron chi connectivity index (χ2n) is 3.03. The Hall–Kier alpha value is -1.11. The van der Waals surface area contributed by atoms with Gasteiger partial charge in [0.2, 0.25) is 0 Å². The minimum atomic E-state index is -3.27. The molecule has 0 amide bonds. The van der Waals surface area contributed by atoms with Crippen LogP contribution in [0.5, 0.6) is 0 Å². The number of hydrazine groups is 1. The van der Waals surface area contributed by atoms with Gasteiger partial charge in [-0.15, -0.1) is 0 Å². The van der Waals surface area contributed by atoms with Crippen molar-refractivity contribution in [3.05, 3.63) is 23.8 Å². The van der Waals surface area contributed by atoms with Crippen LogP contribution in [0.1, 0.15) is 5.56 Å². The molecule has 0 atom stereocenters. The second kappa shape index (κ2) is 3.95. The van der Waals surface area contributed by atoms with E-state index in [0.717, 1.165) is 11.8 Å². The van der Waals surface area contributed by atoms with Gasteiger partial charge in [0, 0.05) is 12.8 Å². The predicted octanol–water partition coefficient (Wildman–Crippen LogP) is -0.364. The number of hydrogen-bond acceptors (Lipinski definition) is 5. The normalized spacial score (nSPS) is 11.6. The lowest BCUT2D eigenvalue weighted by atomic mass is 10.2. The van der Waals surface area contributed by atoms with E-state index in [1.807, 2.05) is 0 Å². The van der Waals surface area contributed by atoms with E-state index in [1.165, 1.54) is 6.07 Å². The Morgan fingerprint density at radius 1 is 1.43 bits per heavy atom. The first-order valence-electron chi connectivity index (χ1n) is 3.97. The van der Waals surface area contributed by atoms with E-state index in [-0.39, 0.29) is 10.6 Å². The molecule has 0 unspecified atom stereocenters. The fourth-order valence-corrected chi connectivity index (χ4v) is 1.99. The van der Waals surface area contributed by atoms with E-state index >= 15 is 0 Å². The van der Waals surface area contributed by atoms with E-state index in [1.54, 1.807) is 12.1 Å². The SMILES string of the molecule is CS(=O)(=O)c1cc(CNN)ccc1N. The molecule has 78 valence electrons. The van der Waals surface area contributed by atoms with Crippen LogP contribution in [-0.2, 0) is 16.4 Å². The van der Waals surface area contributed by atoms with Crippen LogP contribution in [0.25, 0.3) is 0 Å². The smallest absolute Gasteiger partial charge is 0.177 e. The summed E-state index contributed by atoms with van der Waals surface area (Å²) >= 11 is 0. The van der Waals surface area contributed by atoms with Gasteiger partial charge in [0.1, 0.15) is 0 Å². The molecule has 0 spiro atoms. The Labute approximate surface area is 83.0 Å². The third-order valence-electron chi connectivity index (χ3n) is 1.78. The summed E-state index contributed by atoms with van der Waals surface area (Å²) in [5.74, 6) is 5.13. The molecule has 0 fully saturated rings. The summed E-state index contributed by atoms with van der Waals surface area (Å²) in [6.07, 6.45) is 1.12. The van der Waals surface area contributed by atoms with Crippen molar-refractivity contribution >= 4 is 15.5 Å². The van der Waals surface area contributed by atoms with E-state index in [2.05, 4.69) is 5.43 Å². The lowest BCUT2D eigenvalue weighted by molar-refractivity contribution is 0.602. The summed E-state index contributed by atoms with van der Waals surface area (Å²) in [5.41, 5.74) is 9.02. The summed E-state index contributed by atoms with van der Waals surface area (Å²) in [7, 11) is -3.27. The maximum absolute atomic E-state index is 11.3. The number of anilines is 1. The average Bonchev–Trinajstić information content (AvgIpc) is 2.07. The van der Waals surface area contributed by atoms with Crippen molar-refractivity contribution < 1.29 is 8.42 Å². The van der Waals surface area contributed by atoms with Crippen molar-refractivity contribution in [3.8, 4) is 0 Å². The van der Waals surface area contributed by atoms with Crippen LogP contribution in [0.15, 0.2) is 23.1 Å². The molecule has 6 heteroatoms. The molecule has 0 aromatic heterocycles. The van der Waals surface area contributed by atoms with E-state index in [0.29, 0.717) is 6.54 Å². The van der Waals surface area contributed by atoms with Crippen molar-refractivity contribution in [1.82, 2.24) is 5.43 Å². The highest BCUT2D eigenvalue weighted by atomic mass is 32.2. The molecule has 0 bridgehead atoms. The molecule has 0 radical (unpaired) electrons. The largest absolute Gasteiger partial charge is 0.398 e. The molecule has 14 heavy (non-hydrogen) atoms. The maximum Gasteiger partial charge on any atom is 0.177 e. The van der Waals surface area contributed by atoms with E-state index in [4.69, 9.17) is 11.6 Å². The second-order valence-corrected chi connectivity index (χ2v) is 5.01. The molecular weight excluding hydrogens is 202 g/mol. The summed E-state index contributed by atoms with van der Waals surface area (Å²) in [6.45, 7) is 0.406. The number of benzene rings is 1. The molecule has 0 aliphatic carbocycles. The standard InChI is InChI=1S/C8H13N3O2S/c1-14(12,13)8-4-6(5-11-10)2-3-7(8)9/h2-4,11H,5,9-10H2,1H3. The van der Waals surface area contributed by atoms with E-state index < -0.39 is 9.84 Å². The van der Waals surface area contributed by atoms with Crippen LogP contribution < -0.4 is 17.0 Å². The Morgan fingerprint density at radius 3 is 2.57 bits per heavy atom. The van der Waals surface area contributed by atoms with E-state index in [9.17, 15) is 8.42 Å². The molecule has 0 heterocycles. The van der Waals surface area contributed by atoms with Crippen LogP contribution in [0, 0.1) is 0 Å². The van der Waals surface area contributed by atoms with Gasteiger partial charge in [0.25, 0.3) is 0 Å². The summed E-state index contributed by atoms with van der Waals surface area (Å²) in [4.78, 5) is 0.144. The minimum absolute atomic E-state index is 0.144. The number of nitrogen functional groups attached to an aromatic ring is 1. The number of nitrogens with two attached hydrogens (primary N) is 2. The fraction of sp³-hybridized carbons (Fsp3) is 0.250. The zero-order valence-electron chi connectivity index (χ0n) is 7.82. The summed E-state index contributed by atoms with van der Waals surface area (Å²) in [5, 5.41) is 0. The maximum atomic E-state index is 11.3. The Morgan fingerprint density at radius 2 is 2.07 bits per heavy atom. The average molecular weight is 215 g/mol. The van der Waals surface area contributed by atoms with Gasteiger partial charge in [-0.3, -0.25) is 11.3 Å². The van der Waals surface area contributed by atoms with Gasteiger partial charge < -0.3 is 5.73 Å². The Bertz CT molecular complexity index is 428. The lowest BCUT2D eigenvalue weighted by Gasteiger charge is -2.06. The first kappa shape index (κ1) is 11.0. The molecule has 1 aromatic rings. The topological polar surface area (TPSA) is 98.2 Å². The van der Waals surface area contributed by atoms with Gasteiger partial charge in [-0.05, 0) is 17.7 Å². The minimum Gasteiger partial charge on any atom is -0.398 e. The molecule has 5 N–H and O–H groups in total. The highest BCUT2D eigenvalue weighted by Crippen LogP contribution is 2.19. The third-order valence-corrected chi connectivity index (χ3v) is 2.94. The van der Waals surface area contributed by atoms with Crippen LogP contribution in [-0.4, -0.2) is 14.7 Å². The molecule has 0 saturated heterocycles. The van der Waals surface area contributed by atoms with Crippen LogP contribution in [0.3, 0.4) is 0 Å². The van der Waals surface area contributed by atoms with Gasteiger partial charge in [-0.1, -0.05) is 6.07 Å². The highest BCUT2D eigenvalue weighted by Gasteiger charge is 2.11. The number of hydrogen-bond donors (Lipinski definition) is 3. The fourth-order valence-electron chi connectivity index (χ4n) is 1.13. The monoisotopic (exact) mass is 215 g/mol. The molecule has 1 rings (SSSR count). The molecular formula is C8H13N3O2S. The third kappa shape index (κ3) is 2.44. The van der Waals surface area contributed by atoms with Crippen molar-refractivity contribution in [3.63, 3.8) is 0 Å². The summed E-state index contributed by atoms with van der Waals surface area (Å²) in [6, 6.07) is 4.80. The van der Waals surface area contributed by atoms with Gasteiger partial charge in [-0.2, -0.15) is 0 Å². The number of nitrogens with one attached hydrogen (secondary N) is 1. The van der Waals surface area contributed by atoms with Gasteiger partial charge in [-0.25, -0.2) is 8.42 Å². The first-order chi connectivity index (χ1) is 6.45. The quantitative estimate of drug-likeness (QED) is 0.363. The van der Waals surface area contributed by atoms with Gasteiger partial charge in [0.05, 0.1) is 10.6 Å². The molecule has 1 aromatic carbocycles. The Balaban J connectivity index is 3.22. The zero-order valence-corrected chi connectivity index (χ0v) is 8.64. The molecule has 0 aliphatic heterocycles. The van der Waals surface area contributed by atoms with Crippen molar-refractivity contribution in [2.75, 3.05) is 12.0 Å². The Kier molecular flexibility index (Phi) is 3.10. The van der Waals surface area contributed by atoms with Crippen molar-refractivity contribution in [2.45, 2.75) is 11.4 Å². The van der Waals surface area contributed by atoms with Gasteiger partial charge >= 0.3 is 0 Å². The first-order valence-corrected chi connectivity index (χ1v) is 5.86. The number of sulfone groups is 1. The highest BCUT2D eigenvalue weighted by molar-refractivity contribution is 7.90.